The van der Waals surface area contributed by atoms with Gasteiger partial charge in [-0.2, -0.15) is 0 Å². The summed E-state index contributed by atoms with van der Waals surface area (Å²) in [7, 11) is 0. The van der Waals surface area contributed by atoms with Gasteiger partial charge in [0.1, 0.15) is 5.82 Å². The summed E-state index contributed by atoms with van der Waals surface area (Å²) in [5.41, 5.74) is 5.58. The van der Waals surface area contributed by atoms with E-state index < -0.39 is 5.91 Å². The molecular formula is C11H16N4O. The molecule has 1 aromatic heterocycles. The first-order chi connectivity index (χ1) is 7.75. The average molecular weight is 220 g/mol. The summed E-state index contributed by atoms with van der Waals surface area (Å²) in [4.78, 5) is 15.0. The van der Waals surface area contributed by atoms with E-state index in [-0.39, 0.29) is 0 Å². The van der Waals surface area contributed by atoms with Crippen LogP contribution >= 0.6 is 0 Å². The van der Waals surface area contributed by atoms with Crippen molar-refractivity contribution in [1.82, 2.24) is 10.3 Å². The number of nitrogens with two attached hydrogens (primary N) is 1. The highest BCUT2D eigenvalue weighted by molar-refractivity contribution is 5.92. The van der Waals surface area contributed by atoms with Gasteiger partial charge in [0.15, 0.2) is 0 Å². The Bertz CT molecular complexity index is 357. The summed E-state index contributed by atoms with van der Waals surface area (Å²) >= 11 is 0. The highest BCUT2D eigenvalue weighted by Crippen LogP contribution is 2.10. The van der Waals surface area contributed by atoms with Crippen molar-refractivity contribution in [3.05, 3.63) is 23.9 Å². The molecule has 2 heterocycles. The molecule has 1 saturated heterocycles. The largest absolute Gasteiger partial charge is 0.366 e. The van der Waals surface area contributed by atoms with Gasteiger partial charge >= 0.3 is 0 Å². The SMILES string of the molecule is NC(=O)c1ccc(NC2CCCNC2)nc1. The number of carbonyl (C=O) groups is 1. The van der Waals surface area contributed by atoms with E-state index in [1.807, 2.05) is 0 Å². The third kappa shape index (κ3) is 2.70. The minimum absolute atomic E-state index is 0.417. The number of nitrogens with one attached hydrogen (secondary N) is 2. The standard InChI is InChI=1S/C11H16N4O/c12-11(16)8-3-4-10(14-6-8)15-9-2-1-5-13-7-9/h3-4,6,9,13H,1-2,5,7H2,(H2,12,16)(H,14,15). The van der Waals surface area contributed by atoms with Crippen molar-refractivity contribution in [3.8, 4) is 0 Å². The lowest BCUT2D eigenvalue weighted by Crippen LogP contribution is -2.38. The number of aromatic nitrogens is 1. The first-order valence-corrected chi connectivity index (χ1v) is 5.49. The first-order valence-electron chi connectivity index (χ1n) is 5.49. The molecular weight excluding hydrogens is 204 g/mol. The Morgan fingerprint density at radius 3 is 3.00 bits per heavy atom. The van der Waals surface area contributed by atoms with Crippen LogP contribution < -0.4 is 16.4 Å². The average Bonchev–Trinajstić information content (AvgIpc) is 2.31. The molecule has 1 aliphatic rings. The molecule has 1 amide bonds. The van der Waals surface area contributed by atoms with E-state index in [0.717, 1.165) is 25.3 Å². The highest BCUT2D eigenvalue weighted by atomic mass is 16.1. The van der Waals surface area contributed by atoms with Crippen LogP contribution in [0.1, 0.15) is 23.2 Å². The van der Waals surface area contributed by atoms with Crippen molar-refractivity contribution in [2.75, 3.05) is 18.4 Å². The smallest absolute Gasteiger partial charge is 0.250 e. The number of primary amides is 1. The summed E-state index contributed by atoms with van der Waals surface area (Å²) in [5.74, 6) is 0.345. The Kier molecular flexibility index (Phi) is 3.36. The van der Waals surface area contributed by atoms with E-state index in [1.54, 1.807) is 12.1 Å². The second-order valence-electron chi connectivity index (χ2n) is 3.98. The molecule has 1 aromatic rings. The van der Waals surface area contributed by atoms with Crippen LogP contribution in [0.15, 0.2) is 18.3 Å². The number of hydrogen-bond donors (Lipinski definition) is 3. The normalized spacial score (nSPS) is 20.4. The molecule has 1 atom stereocenters. The molecule has 0 bridgehead atoms. The van der Waals surface area contributed by atoms with Gasteiger partial charge in [0.2, 0.25) is 5.91 Å². The van der Waals surface area contributed by atoms with Crippen LogP contribution in [0.5, 0.6) is 0 Å². The molecule has 1 aliphatic heterocycles. The Morgan fingerprint density at radius 1 is 1.56 bits per heavy atom. The molecule has 5 nitrogen and oxygen atoms in total. The van der Waals surface area contributed by atoms with Crippen molar-refractivity contribution < 1.29 is 4.79 Å². The minimum Gasteiger partial charge on any atom is -0.366 e. The molecule has 0 aromatic carbocycles. The van der Waals surface area contributed by atoms with Crippen LogP contribution in [0.3, 0.4) is 0 Å². The minimum atomic E-state index is -0.446. The van der Waals surface area contributed by atoms with Gasteiger partial charge in [-0.05, 0) is 31.5 Å². The van der Waals surface area contributed by atoms with E-state index in [4.69, 9.17) is 5.73 Å². The molecule has 0 spiro atoms. The maximum Gasteiger partial charge on any atom is 0.250 e. The first kappa shape index (κ1) is 10.9. The van der Waals surface area contributed by atoms with E-state index in [9.17, 15) is 4.79 Å². The van der Waals surface area contributed by atoms with Gasteiger partial charge in [-0.3, -0.25) is 4.79 Å². The quantitative estimate of drug-likeness (QED) is 0.686. The molecule has 0 radical (unpaired) electrons. The van der Waals surface area contributed by atoms with E-state index >= 15 is 0 Å². The van der Waals surface area contributed by atoms with E-state index in [2.05, 4.69) is 15.6 Å². The van der Waals surface area contributed by atoms with Crippen LogP contribution in [0.4, 0.5) is 5.82 Å². The summed E-state index contributed by atoms with van der Waals surface area (Å²) in [6.45, 7) is 2.05. The summed E-state index contributed by atoms with van der Waals surface area (Å²) < 4.78 is 0. The van der Waals surface area contributed by atoms with E-state index in [1.165, 1.54) is 12.6 Å². The number of anilines is 1. The number of amides is 1. The van der Waals surface area contributed by atoms with Crippen LogP contribution in [0, 0.1) is 0 Å². The van der Waals surface area contributed by atoms with Gasteiger partial charge in [-0.15, -0.1) is 0 Å². The second kappa shape index (κ2) is 4.94. The monoisotopic (exact) mass is 220 g/mol. The fourth-order valence-electron chi connectivity index (χ4n) is 1.81. The second-order valence-corrected chi connectivity index (χ2v) is 3.98. The predicted molar refractivity (Wildman–Crippen MR) is 62.3 cm³/mol. The molecule has 2 rings (SSSR count). The molecule has 0 aliphatic carbocycles. The van der Waals surface area contributed by atoms with Gasteiger partial charge in [0.25, 0.3) is 0 Å². The Hall–Kier alpha value is -1.62. The van der Waals surface area contributed by atoms with Gasteiger partial charge in [0, 0.05) is 18.8 Å². The number of hydrogen-bond acceptors (Lipinski definition) is 4. The van der Waals surface area contributed by atoms with Crippen LogP contribution in [-0.2, 0) is 0 Å². The Labute approximate surface area is 94.4 Å². The van der Waals surface area contributed by atoms with Gasteiger partial charge < -0.3 is 16.4 Å². The summed E-state index contributed by atoms with van der Waals surface area (Å²) in [6, 6.07) is 3.89. The zero-order chi connectivity index (χ0) is 11.4. The fraction of sp³-hybridized carbons (Fsp3) is 0.455. The van der Waals surface area contributed by atoms with Crippen molar-refractivity contribution >= 4 is 11.7 Å². The number of piperidine rings is 1. The lowest BCUT2D eigenvalue weighted by Gasteiger charge is -2.24. The van der Waals surface area contributed by atoms with E-state index in [0.29, 0.717) is 11.6 Å². The Balaban J connectivity index is 1.96. The van der Waals surface area contributed by atoms with Crippen LogP contribution in [0.2, 0.25) is 0 Å². The fourth-order valence-corrected chi connectivity index (χ4v) is 1.81. The topological polar surface area (TPSA) is 80.0 Å². The number of pyridine rings is 1. The van der Waals surface area contributed by atoms with Gasteiger partial charge in [-0.1, -0.05) is 0 Å². The summed E-state index contributed by atoms with van der Waals surface area (Å²) in [6.07, 6.45) is 3.82. The van der Waals surface area contributed by atoms with Crippen molar-refractivity contribution in [1.29, 1.82) is 0 Å². The van der Waals surface area contributed by atoms with Crippen LogP contribution in [-0.4, -0.2) is 30.0 Å². The Morgan fingerprint density at radius 2 is 2.44 bits per heavy atom. The molecule has 1 fully saturated rings. The maximum absolute atomic E-state index is 10.9. The molecule has 0 saturated carbocycles. The molecule has 4 N–H and O–H groups in total. The van der Waals surface area contributed by atoms with Crippen molar-refractivity contribution in [2.24, 2.45) is 5.73 Å². The van der Waals surface area contributed by atoms with Crippen molar-refractivity contribution in [3.63, 3.8) is 0 Å². The van der Waals surface area contributed by atoms with Crippen molar-refractivity contribution in [2.45, 2.75) is 18.9 Å². The maximum atomic E-state index is 10.9. The van der Waals surface area contributed by atoms with Gasteiger partial charge in [-0.25, -0.2) is 4.98 Å². The lowest BCUT2D eigenvalue weighted by atomic mass is 10.1. The highest BCUT2D eigenvalue weighted by Gasteiger charge is 2.12. The third-order valence-corrected chi connectivity index (χ3v) is 2.70. The van der Waals surface area contributed by atoms with Crippen LogP contribution in [0.25, 0.3) is 0 Å². The molecule has 5 heteroatoms. The number of rotatable bonds is 3. The third-order valence-electron chi connectivity index (χ3n) is 2.70. The number of carbonyl (C=O) groups excluding carboxylic acids is 1. The molecule has 1 unspecified atom stereocenters. The lowest BCUT2D eigenvalue weighted by molar-refractivity contribution is 0.1000. The zero-order valence-electron chi connectivity index (χ0n) is 9.07. The molecule has 16 heavy (non-hydrogen) atoms. The molecule has 86 valence electrons. The summed E-state index contributed by atoms with van der Waals surface area (Å²) in [5, 5.41) is 6.64. The zero-order valence-corrected chi connectivity index (χ0v) is 9.07. The van der Waals surface area contributed by atoms with Gasteiger partial charge in [0.05, 0.1) is 5.56 Å². The predicted octanol–water partition coefficient (Wildman–Crippen LogP) is 0.344. The number of nitrogens with zero attached hydrogens (tertiary/aromatic N) is 1.